The summed E-state index contributed by atoms with van der Waals surface area (Å²) in [6.07, 6.45) is -0.917. The van der Waals surface area contributed by atoms with Gasteiger partial charge in [0, 0.05) is 5.69 Å². The van der Waals surface area contributed by atoms with Gasteiger partial charge in [-0.15, -0.1) is 0 Å². The van der Waals surface area contributed by atoms with Gasteiger partial charge >= 0.3 is 5.69 Å². The second-order valence-corrected chi connectivity index (χ2v) is 7.17. The van der Waals surface area contributed by atoms with E-state index in [4.69, 9.17) is 9.47 Å². The Morgan fingerprint density at radius 1 is 1.15 bits per heavy atom. The number of hydrogen-bond acceptors (Lipinski definition) is 5. The second kappa shape index (κ2) is 8.07. The van der Waals surface area contributed by atoms with Gasteiger partial charge in [0.1, 0.15) is 5.75 Å². The Bertz CT molecular complexity index is 825. The lowest BCUT2D eigenvalue weighted by Gasteiger charge is -2.19. The number of benzene rings is 2. The minimum absolute atomic E-state index is 0.00605. The first kappa shape index (κ1) is 20.2. The van der Waals surface area contributed by atoms with E-state index in [1.165, 1.54) is 32.2 Å². The number of methoxy groups -OCH3 is 1. The summed E-state index contributed by atoms with van der Waals surface area (Å²) < 4.78 is 10.5. The van der Waals surface area contributed by atoms with Gasteiger partial charge in [0.15, 0.2) is 11.9 Å². The molecule has 0 aliphatic rings. The van der Waals surface area contributed by atoms with Crippen LogP contribution >= 0.6 is 0 Å². The van der Waals surface area contributed by atoms with E-state index >= 15 is 0 Å². The molecule has 2 aromatic carbocycles. The van der Waals surface area contributed by atoms with Gasteiger partial charge in [-0.05, 0) is 42.2 Å². The quantitative estimate of drug-likeness (QED) is 0.603. The fourth-order valence-corrected chi connectivity index (χ4v) is 2.41. The first-order valence-corrected chi connectivity index (χ1v) is 8.52. The molecule has 0 fully saturated rings. The number of carbonyl (C=O) groups excluding carboxylic acids is 1. The van der Waals surface area contributed by atoms with Crippen LogP contribution < -0.4 is 14.8 Å². The van der Waals surface area contributed by atoms with Crippen molar-refractivity contribution in [1.29, 1.82) is 0 Å². The van der Waals surface area contributed by atoms with Gasteiger partial charge in [-0.25, -0.2) is 0 Å². The van der Waals surface area contributed by atoms with Crippen molar-refractivity contribution in [3.8, 4) is 11.5 Å². The summed E-state index contributed by atoms with van der Waals surface area (Å²) in [6.45, 7) is 7.86. The van der Waals surface area contributed by atoms with E-state index in [0.29, 0.717) is 11.4 Å². The van der Waals surface area contributed by atoms with Crippen LogP contribution in [-0.2, 0) is 10.2 Å². The molecular formula is C20H24N2O5. The zero-order valence-corrected chi connectivity index (χ0v) is 16.1. The van der Waals surface area contributed by atoms with Crippen LogP contribution in [0, 0.1) is 10.1 Å². The molecule has 0 heterocycles. The Morgan fingerprint density at radius 3 is 2.30 bits per heavy atom. The Kier molecular flexibility index (Phi) is 6.05. The molecule has 1 N–H and O–H groups in total. The molecule has 27 heavy (non-hydrogen) atoms. The van der Waals surface area contributed by atoms with Crippen LogP contribution in [0.25, 0.3) is 0 Å². The second-order valence-electron chi connectivity index (χ2n) is 7.17. The largest absolute Gasteiger partial charge is 0.496 e. The van der Waals surface area contributed by atoms with E-state index in [9.17, 15) is 14.9 Å². The van der Waals surface area contributed by atoms with E-state index < -0.39 is 16.9 Å². The highest BCUT2D eigenvalue weighted by atomic mass is 16.6. The lowest BCUT2D eigenvalue weighted by molar-refractivity contribution is -0.386. The molecule has 1 unspecified atom stereocenters. The van der Waals surface area contributed by atoms with E-state index in [1.807, 2.05) is 24.3 Å². The zero-order valence-electron chi connectivity index (χ0n) is 16.1. The van der Waals surface area contributed by atoms with Gasteiger partial charge in [-0.1, -0.05) is 32.9 Å². The molecule has 0 aliphatic heterocycles. The van der Waals surface area contributed by atoms with Crippen molar-refractivity contribution in [3.05, 3.63) is 58.1 Å². The summed E-state index contributed by atoms with van der Waals surface area (Å²) in [6, 6.07) is 11.8. The standard InChI is InChI=1S/C20H24N2O5/c1-13(27-18-11-10-16(26-5)12-17(18)22(24)25)19(23)21-15-8-6-14(7-9-15)20(2,3)4/h6-13H,1-5H3,(H,21,23). The summed E-state index contributed by atoms with van der Waals surface area (Å²) >= 11 is 0. The Labute approximate surface area is 158 Å². The summed E-state index contributed by atoms with van der Waals surface area (Å²) in [7, 11) is 1.42. The summed E-state index contributed by atoms with van der Waals surface area (Å²) in [4.78, 5) is 23.0. The molecule has 7 nitrogen and oxygen atoms in total. The molecule has 2 rings (SSSR count). The molecule has 1 amide bonds. The molecule has 0 saturated carbocycles. The monoisotopic (exact) mass is 372 g/mol. The number of hydrogen-bond donors (Lipinski definition) is 1. The van der Waals surface area contributed by atoms with Crippen molar-refractivity contribution in [2.24, 2.45) is 0 Å². The van der Waals surface area contributed by atoms with E-state index in [2.05, 4.69) is 26.1 Å². The number of nitro benzene ring substituents is 1. The number of ether oxygens (including phenoxy) is 2. The van der Waals surface area contributed by atoms with Gasteiger partial charge in [0.05, 0.1) is 18.1 Å². The average Bonchev–Trinajstić information content (AvgIpc) is 2.61. The van der Waals surface area contributed by atoms with E-state index in [0.717, 1.165) is 5.56 Å². The predicted molar refractivity (Wildman–Crippen MR) is 104 cm³/mol. The van der Waals surface area contributed by atoms with Crippen molar-refractivity contribution >= 4 is 17.3 Å². The molecule has 0 saturated heterocycles. The lowest BCUT2D eigenvalue weighted by atomic mass is 9.87. The fraction of sp³-hybridized carbons (Fsp3) is 0.350. The smallest absolute Gasteiger partial charge is 0.314 e. The van der Waals surface area contributed by atoms with Gasteiger partial charge in [0.25, 0.3) is 5.91 Å². The molecule has 0 radical (unpaired) electrons. The number of amides is 1. The third-order valence-corrected chi connectivity index (χ3v) is 4.05. The van der Waals surface area contributed by atoms with E-state index in [1.54, 1.807) is 0 Å². The first-order valence-electron chi connectivity index (χ1n) is 8.52. The molecule has 7 heteroatoms. The highest BCUT2D eigenvalue weighted by Crippen LogP contribution is 2.32. The van der Waals surface area contributed by atoms with Crippen molar-refractivity contribution in [3.63, 3.8) is 0 Å². The molecule has 0 aliphatic carbocycles. The van der Waals surface area contributed by atoms with Crippen molar-refractivity contribution in [2.45, 2.75) is 39.2 Å². The Morgan fingerprint density at radius 2 is 1.78 bits per heavy atom. The summed E-state index contributed by atoms with van der Waals surface area (Å²) in [5.41, 5.74) is 1.54. The van der Waals surface area contributed by atoms with Crippen LogP contribution in [0.15, 0.2) is 42.5 Å². The maximum atomic E-state index is 12.4. The normalized spacial score (nSPS) is 12.2. The van der Waals surface area contributed by atoms with Gasteiger partial charge in [0.2, 0.25) is 0 Å². The van der Waals surface area contributed by atoms with Gasteiger partial charge in [-0.2, -0.15) is 0 Å². The average molecular weight is 372 g/mol. The number of carbonyl (C=O) groups is 1. The van der Waals surface area contributed by atoms with Gasteiger partial charge < -0.3 is 14.8 Å². The van der Waals surface area contributed by atoms with Crippen LogP contribution in [-0.4, -0.2) is 24.0 Å². The maximum absolute atomic E-state index is 12.4. The Balaban J connectivity index is 2.09. The van der Waals surface area contributed by atoms with Crippen LogP contribution in [0.4, 0.5) is 11.4 Å². The lowest BCUT2D eigenvalue weighted by Crippen LogP contribution is -2.30. The van der Waals surface area contributed by atoms with Crippen LogP contribution in [0.2, 0.25) is 0 Å². The third kappa shape index (κ3) is 5.20. The number of nitro groups is 1. The van der Waals surface area contributed by atoms with Crippen LogP contribution in [0.3, 0.4) is 0 Å². The van der Waals surface area contributed by atoms with Gasteiger partial charge in [-0.3, -0.25) is 14.9 Å². The minimum Gasteiger partial charge on any atom is -0.496 e. The highest BCUT2D eigenvalue weighted by molar-refractivity contribution is 5.94. The first-order chi connectivity index (χ1) is 12.6. The summed E-state index contributed by atoms with van der Waals surface area (Å²) in [5.74, 6) is -0.0553. The zero-order chi connectivity index (χ0) is 20.2. The maximum Gasteiger partial charge on any atom is 0.314 e. The molecule has 144 valence electrons. The highest BCUT2D eigenvalue weighted by Gasteiger charge is 2.22. The molecule has 0 spiro atoms. The van der Waals surface area contributed by atoms with Crippen molar-refractivity contribution < 1.29 is 19.2 Å². The van der Waals surface area contributed by atoms with Crippen LogP contribution in [0.5, 0.6) is 11.5 Å². The van der Waals surface area contributed by atoms with E-state index in [-0.39, 0.29) is 16.9 Å². The topological polar surface area (TPSA) is 90.7 Å². The predicted octanol–water partition coefficient (Wildman–Crippen LogP) is 4.31. The molecule has 2 aromatic rings. The number of rotatable bonds is 6. The van der Waals surface area contributed by atoms with Crippen molar-refractivity contribution in [1.82, 2.24) is 0 Å². The number of nitrogens with zero attached hydrogens (tertiary/aromatic N) is 1. The molecule has 0 bridgehead atoms. The third-order valence-electron chi connectivity index (χ3n) is 4.05. The Hall–Kier alpha value is -3.09. The fourth-order valence-electron chi connectivity index (χ4n) is 2.41. The SMILES string of the molecule is COc1ccc(OC(C)C(=O)Nc2ccc(C(C)(C)C)cc2)c([N+](=O)[O-])c1. The number of nitrogens with one attached hydrogen (secondary N) is 1. The molecule has 0 aromatic heterocycles. The number of anilines is 1. The summed E-state index contributed by atoms with van der Waals surface area (Å²) in [5, 5.41) is 14.0. The van der Waals surface area contributed by atoms with Crippen LogP contribution in [0.1, 0.15) is 33.3 Å². The van der Waals surface area contributed by atoms with Crippen molar-refractivity contribution in [2.75, 3.05) is 12.4 Å². The molecular weight excluding hydrogens is 348 g/mol. The molecule has 1 atom stereocenters. The minimum atomic E-state index is -0.917.